The summed E-state index contributed by atoms with van der Waals surface area (Å²) >= 11 is 0. The molecule has 42 heavy (non-hydrogen) atoms. The zero-order valence-electron chi connectivity index (χ0n) is 26.9. The second kappa shape index (κ2) is 13.4. The third-order valence-corrected chi connectivity index (χ3v) is 13.8. The van der Waals surface area contributed by atoms with Crippen LogP contribution in [0.5, 0.6) is 0 Å². The summed E-state index contributed by atoms with van der Waals surface area (Å²) in [6.45, 7) is 0. The summed E-state index contributed by atoms with van der Waals surface area (Å²) in [6.07, 6.45) is 25.6. The average Bonchev–Trinajstić information content (AvgIpc) is 3.73. The SMILES string of the molecule is C1CCC2C3NC(NC4NC(NC5NC(NC6NC(N3)C3CCCCC63)C3CCCCC53)C3CCCCC43)C2C1.[H-].[Mn].[Na+]. The first-order chi connectivity index (χ1) is 19.8. The number of hydrogen-bond acceptors (Lipinski definition) is 8. The Bertz CT molecular complexity index is 730. The molecule has 9 fully saturated rings. The molecule has 8 nitrogen and oxygen atoms in total. The second-order valence-electron chi connectivity index (χ2n) is 15.6. The molecule has 5 heterocycles. The van der Waals surface area contributed by atoms with Crippen LogP contribution >= 0.6 is 0 Å². The molecule has 0 aromatic carbocycles. The Balaban J connectivity index is 0.00000110. The Hall–Kier alpha value is 1.20. The van der Waals surface area contributed by atoms with Crippen molar-refractivity contribution in [2.24, 2.45) is 47.3 Å². The molecule has 1 radical (unpaired) electrons. The normalized spacial score (nSPS) is 54.9. The van der Waals surface area contributed by atoms with Crippen LogP contribution in [-0.4, -0.2) is 49.3 Å². The molecule has 8 N–H and O–H groups in total. The van der Waals surface area contributed by atoms with Crippen molar-refractivity contribution in [1.82, 2.24) is 42.5 Å². The minimum atomic E-state index is 0. The molecule has 0 aromatic heterocycles. The van der Waals surface area contributed by atoms with Gasteiger partial charge in [0, 0.05) is 17.1 Å². The summed E-state index contributed by atoms with van der Waals surface area (Å²) in [7, 11) is 0. The predicted octanol–water partition coefficient (Wildman–Crippen LogP) is -0.280. The van der Waals surface area contributed by atoms with Gasteiger partial charge in [-0.1, -0.05) is 51.4 Å². The minimum absolute atomic E-state index is 0. The molecule has 233 valence electrons. The monoisotopic (exact) mass is 631 g/mol. The van der Waals surface area contributed by atoms with Crippen molar-refractivity contribution >= 4 is 0 Å². The molecule has 8 unspecified atom stereocenters. The van der Waals surface area contributed by atoms with Crippen molar-refractivity contribution in [1.29, 1.82) is 0 Å². The summed E-state index contributed by atoms with van der Waals surface area (Å²) in [5, 5.41) is 33.8. The maximum atomic E-state index is 4.26. The zero-order chi connectivity index (χ0) is 26.2. The van der Waals surface area contributed by atoms with Crippen LogP contribution in [0.25, 0.3) is 0 Å². The van der Waals surface area contributed by atoms with Crippen LogP contribution in [0.15, 0.2) is 0 Å². The third kappa shape index (κ3) is 5.58. The maximum absolute atomic E-state index is 4.26. The molecule has 4 saturated carbocycles. The molecule has 10 heteroatoms. The van der Waals surface area contributed by atoms with E-state index in [4.69, 9.17) is 0 Å². The Kier molecular flexibility index (Phi) is 10.1. The molecule has 8 bridgehead atoms. The molecular formula is C32H57MnN8Na. The van der Waals surface area contributed by atoms with Crippen molar-refractivity contribution in [2.75, 3.05) is 0 Å². The van der Waals surface area contributed by atoms with E-state index in [1.165, 1.54) is 103 Å². The molecule has 4 aliphatic carbocycles. The van der Waals surface area contributed by atoms with E-state index in [0.717, 1.165) is 47.3 Å². The summed E-state index contributed by atoms with van der Waals surface area (Å²) < 4.78 is 0. The van der Waals surface area contributed by atoms with Crippen LogP contribution in [0.3, 0.4) is 0 Å². The second-order valence-corrected chi connectivity index (χ2v) is 15.6. The fourth-order valence-electron chi connectivity index (χ4n) is 12.0. The van der Waals surface area contributed by atoms with Crippen molar-refractivity contribution in [3.63, 3.8) is 0 Å². The van der Waals surface area contributed by atoms with E-state index in [1.807, 2.05) is 0 Å². The van der Waals surface area contributed by atoms with Crippen LogP contribution in [-0.2, 0) is 17.1 Å². The molecule has 8 atom stereocenters. The van der Waals surface area contributed by atoms with Crippen molar-refractivity contribution in [3.8, 4) is 0 Å². The van der Waals surface area contributed by atoms with E-state index in [2.05, 4.69) is 42.5 Å². The fourth-order valence-corrected chi connectivity index (χ4v) is 12.0. The summed E-state index contributed by atoms with van der Waals surface area (Å²) in [5.74, 6) is 5.97. The van der Waals surface area contributed by atoms with Gasteiger partial charge >= 0.3 is 29.6 Å². The molecule has 5 saturated heterocycles. The first-order valence-corrected chi connectivity index (χ1v) is 17.9. The van der Waals surface area contributed by atoms with Gasteiger partial charge in [-0.15, -0.1) is 0 Å². The van der Waals surface area contributed by atoms with E-state index in [0.29, 0.717) is 49.3 Å². The Labute approximate surface area is 288 Å². The summed E-state index contributed by atoms with van der Waals surface area (Å²) in [5.41, 5.74) is 0. The average molecular weight is 632 g/mol. The molecule has 0 amide bonds. The van der Waals surface area contributed by atoms with Gasteiger partial charge in [-0.05, 0) is 98.7 Å². The first kappa shape index (κ1) is 31.8. The predicted molar refractivity (Wildman–Crippen MR) is 158 cm³/mol. The molecule has 9 rings (SSSR count). The minimum Gasteiger partial charge on any atom is -1.00 e. The summed E-state index contributed by atoms with van der Waals surface area (Å²) in [6, 6.07) is 0. The van der Waals surface area contributed by atoms with Crippen molar-refractivity contribution < 1.29 is 48.1 Å². The van der Waals surface area contributed by atoms with Crippen molar-refractivity contribution in [2.45, 2.75) is 152 Å². The topological polar surface area (TPSA) is 96.2 Å². The third-order valence-electron chi connectivity index (χ3n) is 13.8. The molecule has 5 aliphatic heterocycles. The molecular weight excluding hydrogens is 574 g/mol. The standard InChI is InChI=1S/C32H56N8.Mn.Na.H/c1-2-10-18-17(9-1)25-33-26(18)38-28-21-13-5-6-14-22(21)30(35-28)40-32-24-16-8-7-15-23(24)31(36-32)39-29-20-12-4-3-11-19(20)27(34-29)37-25;;;/h17-40H,1-16H2;;;/q;;+1;-1. The first-order valence-electron chi connectivity index (χ1n) is 17.9. The van der Waals surface area contributed by atoms with Gasteiger partial charge < -0.3 is 1.43 Å². The number of nitrogens with one attached hydrogen (secondary N) is 8. The van der Waals surface area contributed by atoms with Gasteiger partial charge in [0.25, 0.3) is 0 Å². The van der Waals surface area contributed by atoms with Crippen molar-refractivity contribution in [3.05, 3.63) is 0 Å². The number of hydrogen-bond donors (Lipinski definition) is 8. The fraction of sp³-hybridized carbons (Fsp3) is 1.00. The molecule has 9 aliphatic rings. The Morgan fingerprint density at radius 2 is 0.381 bits per heavy atom. The van der Waals surface area contributed by atoms with E-state index in [-0.39, 0.29) is 48.1 Å². The van der Waals surface area contributed by atoms with Gasteiger partial charge in [-0.2, -0.15) is 0 Å². The quantitative estimate of drug-likeness (QED) is 0.173. The maximum Gasteiger partial charge on any atom is 1.00 e. The van der Waals surface area contributed by atoms with Crippen LogP contribution in [0.2, 0.25) is 0 Å². The largest absolute Gasteiger partial charge is 1.00 e. The molecule has 0 spiro atoms. The van der Waals surface area contributed by atoms with E-state index < -0.39 is 0 Å². The number of fused-ring (bicyclic) bond motifs is 20. The van der Waals surface area contributed by atoms with Crippen LogP contribution in [0.4, 0.5) is 0 Å². The van der Waals surface area contributed by atoms with Crippen LogP contribution in [0, 0.1) is 47.3 Å². The van der Waals surface area contributed by atoms with Gasteiger partial charge in [-0.25, -0.2) is 0 Å². The number of rotatable bonds is 0. The Morgan fingerprint density at radius 1 is 0.262 bits per heavy atom. The van der Waals surface area contributed by atoms with Gasteiger partial charge in [-0.3, -0.25) is 42.5 Å². The van der Waals surface area contributed by atoms with Crippen LogP contribution < -0.4 is 72.1 Å². The molecule has 0 aromatic rings. The van der Waals surface area contributed by atoms with Crippen LogP contribution in [0.1, 0.15) is 104 Å². The summed E-state index contributed by atoms with van der Waals surface area (Å²) in [4.78, 5) is 0. The Morgan fingerprint density at radius 3 is 0.500 bits per heavy atom. The van der Waals surface area contributed by atoms with Gasteiger partial charge in [0.15, 0.2) is 0 Å². The van der Waals surface area contributed by atoms with E-state index in [1.54, 1.807) is 0 Å². The van der Waals surface area contributed by atoms with E-state index >= 15 is 0 Å². The van der Waals surface area contributed by atoms with Gasteiger partial charge in [0.05, 0.1) is 49.3 Å². The van der Waals surface area contributed by atoms with E-state index in [9.17, 15) is 0 Å². The van der Waals surface area contributed by atoms with Gasteiger partial charge in [0.1, 0.15) is 0 Å². The van der Waals surface area contributed by atoms with Gasteiger partial charge in [0.2, 0.25) is 0 Å². The smallest absolute Gasteiger partial charge is 1.00 e. The zero-order valence-corrected chi connectivity index (χ0v) is 29.1.